The Labute approximate surface area is 192 Å². The summed E-state index contributed by atoms with van der Waals surface area (Å²) in [4.78, 5) is 22.1. The molecule has 0 spiro atoms. The second kappa shape index (κ2) is 10.1. The average Bonchev–Trinajstić information content (AvgIpc) is 3.25. The molecule has 2 aromatic rings. The van der Waals surface area contributed by atoms with Crippen molar-refractivity contribution in [1.82, 2.24) is 29.4 Å². The molecular weight excluding hydrogens is 400 g/mol. The number of piperazine rings is 2. The number of rotatable bonds is 6. The molecule has 3 heterocycles. The molecular formula is C25H38N6O. The quantitative estimate of drug-likeness (QED) is 0.691. The Balaban J connectivity index is 1.16. The van der Waals surface area contributed by atoms with Crippen molar-refractivity contribution in [3.8, 4) is 0 Å². The summed E-state index contributed by atoms with van der Waals surface area (Å²) in [5.41, 5.74) is 2.62. The second-order valence-corrected chi connectivity index (χ2v) is 10.2. The predicted molar refractivity (Wildman–Crippen MR) is 127 cm³/mol. The Morgan fingerprint density at radius 2 is 1.38 bits per heavy atom. The van der Waals surface area contributed by atoms with Gasteiger partial charge in [-0.25, -0.2) is 0 Å². The maximum atomic E-state index is 12.8. The third-order valence-electron chi connectivity index (χ3n) is 6.53. The Morgan fingerprint density at radius 1 is 0.812 bits per heavy atom. The molecule has 4 rings (SSSR count). The van der Waals surface area contributed by atoms with Crippen LogP contribution < -0.4 is 0 Å². The highest BCUT2D eigenvalue weighted by atomic mass is 16.2. The number of nitrogens with zero attached hydrogens (tertiary/aromatic N) is 6. The van der Waals surface area contributed by atoms with E-state index in [1.807, 2.05) is 10.9 Å². The monoisotopic (exact) mass is 438 g/mol. The first kappa shape index (κ1) is 23.0. The van der Waals surface area contributed by atoms with Crippen molar-refractivity contribution in [1.29, 1.82) is 0 Å². The van der Waals surface area contributed by atoms with Gasteiger partial charge in [0.15, 0.2) is 0 Å². The number of amides is 1. The van der Waals surface area contributed by atoms with Gasteiger partial charge >= 0.3 is 0 Å². The molecule has 0 aliphatic carbocycles. The summed E-state index contributed by atoms with van der Waals surface area (Å²) in [5, 5.41) is 4.51. The first-order chi connectivity index (χ1) is 15.4. The summed E-state index contributed by atoms with van der Waals surface area (Å²) in [6.07, 6.45) is 4.14. The summed E-state index contributed by atoms with van der Waals surface area (Å²) >= 11 is 0. The van der Waals surface area contributed by atoms with Gasteiger partial charge in [0, 0.05) is 77.2 Å². The van der Waals surface area contributed by atoms with E-state index in [1.54, 1.807) is 0 Å². The topological polar surface area (TPSA) is 47.9 Å². The van der Waals surface area contributed by atoms with Crippen LogP contribution in [0.3, 0.4) is 0 Å². The van der Waals surface area contributed by atoms with Crippen molar-refractivity contribution in [3.63, 3.8) is 0 Å². The van der Waals surface area contributed by atoms with Crippen LogP contribution in [0.15, 0.2) is 42.7 Å². The Bertz CT molecular complexity index is 858. The molecule has 2 fully saturated rings. The van der Waals surface area contributed by atoms with Gasteiger partial charge in [-0.2, -0.15) is 5.10 Å². The normalized spacial score (nSPS) is 19.4. The molecule has 2 aliphatic heterocycles. The van der Waals surface area contributed by atoms with Crippen molar-refractivity contribution >= 4 is 5.91 Å². The van der Waals surface area contributed by atoms with E-state index < -0.39 is 0 Å². The highest BCUT2D eigenvalue weighted by Crippen LogP contribution is 2.15. The van der Waals surface area contributed by atoms with Crippen molar-refractivity contribution in [2.75, 3.05) is 58.9 Å². The third kappa shape index (κ3) is 6.18. The van der Waals surface area contributed by atoms with Crippen LogP contribution in [0.2, 0.25) is 0 Å². The molecule has 1 aromatic heterocycles. The zero-order chi connectivity index (χ0) is 22.6. The number of carbonyl (C=O) groups excluding carboxylic acids is 1. The van der Waals surface area contributed by atoms with Gasteiger partial charge in [-0.05, 0) is 26.3 Å². The third-order valence-corrected chi connectivity index (χ3v) is 6.53. The van der Waals surface area contributed by atoms with Crippen molar-refractivity contribution in [3.05, 3.63) is 53.9 Å². The minimum absolute atomic E-state index is 0.0182. The van der Waals surface area contributed by atoms with Gasteiger partial charge in [-0.3, -0.25) is 24.2 Å². The van der Waals surface area contributed by atoms with Crippen molar-refractivity contribution in [2.45, 2.75) is 39.4 Å². The van der Waals surface area contributed by atoms with Crippen LogP contribution in [0.25, 0.3) is 0 Å². The number of hydrogen-bond donors (Lipinski definition) is 0. The van der Waals surface area contributed by atoms with Gasteiger partial charge in [0.05, 0.1) is 18.3 Å². The summed E-state index contributed by atoms with van der Waals surface area (Å²) < 4.78 is 2.04. The first-order valence-corrected chi connectivity index (χ1v) is 11.9. The molecule has 0 saturated carbocycles. The second-order valence-electron chi connectivity index (χ2n) is 10.2. The minimum Gasteiger partial charge on any atom is -0.339 e. The Kier molecular flexibility index (Phi) is 7.28. The fraction of sp³-hybridized carbons (Fsp3) is 0.600. The fourth-order valence-electron chi connectivity index (χ4n) is 4.46. The van der Waals surface area contributed by atoms with Gasteiger partial charge in [-0.1, -0.05) is 30.3 Å². The number of hydrogen-bond acceptors (Lipinski definition) is 5. The lowest BCUT2D eigenvalue weighted by Gasteiger charge is -2.38. The summed E-state index contributed by atoms with van der Waals surface area (Å²) in [6, 6.07) is 10.6. The van der Waals surface area contributed by atoms with E-state index in [-0.39, 0.29) is 11.4 Å². The Hall–Kier alpha value is -2.22. The largest absolute Gasteiger partial charge is 0.339 e. The lowest BCUT2D eigenvalue weighted by atomic mass is 10.1. The van der Waals surface area contributed by atoms with E-state index in [0.717, 1.165) is 65.4 Å². The first-order valence-electron chi connectivity index (χ1n) is 11.9. The molecule has 174 valence electrons. The van der Waals surface area contributed by atoms with Crippen LogP contribution in [-0.4, -0.2) is 94.2 Å². The maximum absolute atomic E-state index is 12.8. The molecule has 2 aliphatic rings. The molecule has 7 nitrogen and oxygen atoms in total. The molecule has 0 N–H and O–H groups in total. The van der Waals surface area contributed by atoms with E-state index in [2.05, 4.69) is 82.0 Å². The van der Waals surface area contributed by atoms with Gasteiger partial charge in [0.25, 0.3) is 0 Å². The van der Waals surface area contributed by atoms with Crippen LogP contribution in [0, 0.1) is 0 Å². The number of benzene rings is 1. The molecule has 2 saturated heterocycles. The van der Waals surface area contributed by atoms with Crippen LogP contribution in [0.5, 0.6) is 0 Å². The molecule has 1 aromatic carbocycles. The molecule has 0 unspecified atom stereocenters. The number of aromatic nitrogens is 2. The Morgan fingerprint density at radius 3 is 1.97 bits per heavy atom. The van der Waals surface area contributed by atoms with E-state index >= 15 is 0 Å². The van der Waals surface area contributed by atoms with Crippen molar-refractivity contribution < 1.29 is 4.79 Å². The van der Waals surface area contributed by atoms with Crippen molar-refractivity contribution in [2.24, 2.45) is 0 Å². The predicted octanol–water partition coefficient (Wildman–Crippen LogP) is 2.10. The molecule has 0 bridgehead atoms. The maximum Gasteiger partial charge on any atom is 0.236 e. The van der Waals surface area contributed by atoms with Crippen LogP contribution in [0.4, 0.5) is 0 Å². The van der Waals surface area contributed by atoms with E-state index in [0.29, 0.717) is 6.54 Å². The lowest BCUT2D eigenvalue weighted by Crippen LogP contribution is -2.53. The van der Waals surface area contributed by atoms with E-state index in [4.69, 9.17) is 0 Å². The smallest absolute Gasteiger partial charge is 0.236 e. The zero-order valence-corrected chi connectivity index (χ0v) is 19.9. The van der Waals surface area contributed by atoms with E-state index in [9.17, 15) is 4.79 Å². The molecule has 0 radical (unpaired) electrons. The summed E-state index contributed by atoms with van der Waals surface area (Å²) in [7, 11) is 0. The highest BCUT2D eigenvalue weighted by Gasteiger charge is 2.25. The average molecular weight is 439 g/mol. The summed E-state index contributed by atoms with van der Waals surface area (Å²) in [6.45, 7) is 16.4. The van der Waals surface area contributed by atoms with Gasteiger partial charge in [-0.15, -0.1) is 0 Å². The standard InChI is InChI=1S/C25H38N6O/c1-25(2,3)31-20-23(17-26-31)19-27-9-11-29(12-10-27)21-24(32)30-15-13-28(14-16-30)18-22-7-5-4-6-8-22/h4-8,17,20H,9-16,18-19,21H2,1-3H3. The van der Waals surface area contributed by atoms with Gasteiger partial charge < -0.3 is 4.90 Å². The zero-order valence-electron chi connectivity index (χ0n) is 19.9. The minimum atomic E-state index is 0.0182. The fourth-order valence-corrected chi connectivity index (χ4v) is 4.46. The lowest BCUT2D eigenvalue weighted by molar-refractivity contribution is -0.134. The number of carbonyl (C=O) groups is 1. The molecule has 1 amide bonds. The van der Waals surface area contributed by atoms with Gasteiger partial charge in [0.2, 0.25) is 5.91 Å². The van der Waals surface area contributed by atoms with E-state index in [1.165, 1.54) is 11.1 Å². The van der Waals surface area contributed by atoms with Gasteiger partial charge in [0.1, 0.15) is 0 Å². The van der Waals surface area contributed by atoms with Crippen LogP contribution >= 0.6 is 0 Å². The SMILES string of the molecule is CC(C)(C)n1cc(CN2CCN(CC(=O)N3CCN(Cc4ccccc4)CC3)CC2)cn1. The van der Waals surface area contributed by atoms with Crippen LogP contribution in [-0.2, 0) is 23.4 Å². The molecule has 32 heavy (non-hydrogen) atoms. The summed E-state index contributed by atoms with van der Waals surface area (Å²) in [5.74, 6) is 0.282. The van der Waals surface area contributed by atoms with Crippen LogP contribution in [0.1, 0.15) is 31.9 Å². The molecule has 0 atom stereocenters. The molecule has 7 heteroatoms. The highest BCUT2D eigenvalue weighted by molar-refractivity contribution is 5.78.